The van der Waals surface area contributed by atoms with Crippen molar-refractivity contribution in [3.63, 3.8) is 0 Å². The molecule has 0 rings (SSSR count). The molecule has 1 nitrogen and oxygen atoms in total. The van der Waals surface area contributed by atoms with Crippen LogP contribution in [0.25, 0.3) is 0 Å². The zero-order valence-electron chi connectivity index (χ0n) is 2.69. The third-order valence-electron chi connectivity index (χ3n) is 0.160. The highest BCUT2D eigenvalue weighted by molar-refractivity contribution is 9.22. The van der Waals surface area contributed by atoms with Crippen LogP contribution >= 0.6 is 27.7 Å². The summed E-state index contributed by atoms with van der Waals surface area (Å²) in [4.78, 5) is 9.69. The van der Waals surface area contributed by atoms with Gasteiger partial charge in [-0.2, -0.15) is 0 Å². The van der Waals surface area contributed by atoms with E-state index in [1.54, 1.807) is 6.26 Å². The zero-order valence-corrected chi connectivity index (χ0v) is 5.10. The van der Waals surface area contributed by atoms with E-state index >= 15 is 0 Å². The molecule has 0 spiro atoms. The summed E-state index contributed by atoms with van der Waals surface area (Å²) in [6.45, 7) is 0. The Bertz CT molecular complexity index is 44.9. The minimum atomic E-state index is -0.0162. The second kappa shape index (κ2) is 2.72. The molecule has 0 heterocycles. The Morgan fingerprint density at radius 1 is 2.00 bits per heavy atom. The average Bonchev–Trinajstić information content (AvgIpc) is 1.38. The van der Waals surface area contributed by atoms with Crippen molar-refractivity contribution in [1.29, 1.82) is 0 Å². The molecule has 0 atom stereocenters. The number of hydrogen-bond acceptors (Lipinski definition) is 2. The SMILES string of the molecule is CSC(=O)Br. The maximum absolute atomic E-state index is 9.69. The molecule has 0 aromatic heterocycles. The summed E-state index contributed by atoms with van der Waals surface area (Å²) in [5.41, 5.74) is 0. The van der Waals surface area contributed by atoms with Crippen LogP contribution in [0.3, 0.4) is 0 Å². The second-order valence-electron chi connectivity index (χ2n) is 0.442. The van der Waals surface area contributed by atoms with Crippen molar-refractivity contribution < 1.29 is 4.79 Å². The van der Waals surface area contributed by atoms with Gasteiger partial charge in [0.1, 0.15) is 0 Å². The van der Waals surface area contributed by atoms with Crippen LogP contribution in [0.15, 0.2) is 0 Å². The molecule has 0 unspecified atom stereocenters. The first-order chi connectivity index (χ1) is 2.27. The highest BCUT2D eigenvalue weighted by Gasteiger charge is 1.80. The van der Waals surface area contributed by atoms with Crippen molar-refractivity contribution in [3.8, 4) is 0 Å². The van der Waals surface area contributed by atoms with Crippen molar-refractivity contribution in [3.05, 3.63) is 0 Å². The fourth-order valence-electron chi connectivity index (χ4n) is 0. The monoisotopic (exact) mass is 154 g/mol. The van der Waals surface area contributed by atoms with E-state index in [0.29, 0.717) is 0 Å². The van der Waals surface area contributed by atoms with Crippen LogP contribution < -0.4 is 0 Å². The van der Waals surface area contributed by atoms with Gasteiger partial charge in [-0.05, 0) is 6.26 Å². The summed E-state index contributed by atoms with van der Waals surface area (Å²) in [7, 11) is 0. The van der Waals surface area contributed by atoms with Gasteiger partial charge in [-0.15, -0.1) is 0 Å². The van der Waals surface area contributed by atoms with E-state index in [4.69, 9.17) is 0 Å². The molecule has 0 aliphatic carbocycles. The lowest BCUT2D eigenvalue weighted by Gasteiger charge is -1.68. The van der Waals surface area contributed by atoms with E-state index in [0.717, 1.165) is 11.8 Å². The maximum atomic E-state index is 9.69. The number of thioether (sulfide) groups is 1. The molecule has 0 aliphatic rings. The first-order valence-electron chi connectivity index (χ1n) is 1.01. The largest absolute Gasteiger partial charge is 0.274 e. The van der Waals surface area contributed by atoms with E-state index in [9.17, 15) is 4.79 Å². The number of halogens is 1. The normalized spacial score (nSPS) is 7.60. The fourth-order valence-corrected chi connectivity index (χ4v) is 0. The summed E-state index contributed by atoms with van der Waals surface area (Å²) in [5, 5.41) is 0. The summed E-state index contributed by atoms with van der Waals surface area (Å²) in [5.74, 6) is 0. The molecule has 0 bridgehead atoms. The molecule has 0 saturated carbocycles. The summed E-state index contributed by atoms with van der Waals surface area (Å²) >= 11 is 3.85. The van der Waals surface area contributed by atoms with Crippen LogP contribution in [0.2, 0.25) is 0 Å². The van der Waals surface area contributed by atoms with E-state index in [1.807, 2.05) is 0 Å². The van der Waals surface area contributed by atoms with E-state index in [-0.39, 0.29) is 4.02 Å². The Balaban J connectivity index is 2.85. The lowest BCUT2D eigenvalue weighted by Crippen LogP contribution is -1.59. The Morgan fingerprint density at radius 3 is 2.20 bits per heavy atom. The highest BCUT2D eigenvalue weighted by atomic mass is 79.9. The van der Waals surface area contributed by atoms with Gasteiger partial charge in [0.2, 0.25) is 0 Å². The molecule has 0 N–H and O–H groups in total. The lowest BCUT2D eigenvalue weighted by atomic mass is 11.8. The van der Waals surface area contributed by atoms with Gasteiger partial charge >= 0.3 is 0 Å². The molecule has 0 amide bonds. The summed E-state index contributed by atoms with van der Waals surface area (Å²) in [6, 6.07) is 0. The predicted octanol–water partition coefficient (Wildman–Crippen LogP) is 1.86. The van der Waals surface area contributed by atoms with Gasteiger partial charge in [0, 0.05) is 15.9 Å². The van der Waals surface area contributed by atoms with E-state index in [1.165, 1.54) is 0 Å². The summed E-state index contributed by atoms with van der Waals surface area (Å²) in [6.07, 6.45) is 1.72. The summed E-state index contributed by atoms with van der Waals surface area (Å²) < 4.78 is -0.0162. The van der Waals surface area contributed by atoms with Crippen molar-refractivity contribution >= 4 is 31.7 Å². The predicted molar refractivity (Wildman–Crippen MR) is 27.8 cm³/mol. The quantitative estimate of drug-likeness (QED) is 0.496. The Hall–Kier alpha value is 0.500. The molecule has 5 heavy (non-hydrogen) atoms. The average molecular weight is 155 g/mol. The van der Waals surface area contributed by atoms with Crippen molar-refractivity contribution in [2.75, 3.05) is 6.26 Å². The van der Waals surface area contributed by atoms with Crippen LogP contribution in [0.4, 0.5) is 4.79 Å². The van der Waals surface area contributed by atoms with Gasteiger partial charge in [0.15, 0.2) is 0 Å². The molecule has 0 aromatic carbocycles. The third-order valence-corrected chi connectivity index (χ3v) is 1.45. The number of carbonyl (C=O) groups is 1. The van der Waals surface area contributed by atoms with Gasteiger partial charge in [-0.1, -0.05) is 11.8 Å². The van der Waals surface area contributed by atoms with Crippen LogP contribution in [0, 0.1) is 0 Å². The van der Waals surface area contributed by atoms with Gasteiger partial charge in [-0.3, -0.25) is 4.79 Å². The van der Waals surface area contributed by atoms with Gasteiger partial charge < -0.3 is 0 Å². The minimum Gasteiger partial charge on any atom is -0.274 e. The van der Waals surface area contributed by atoms with E-state index < -0.39 is 0 Å². The minimum absolute atomic E-state index is 0.0162. The maximum Gasteiger partial charge on any atom is 0.254 e. The molecular formula is C2H3BrOS. The van der Waals surface area contributed by atoms with Gasteiger partial charge in [-0.25, -0.2) is 0 Å². The van der Waals surface area contributed by atoms with Crippen LogP contribution in [-0.2, 0) is 0 Å². The smallest absolute Gasteiger partial charge is 0.254 e. The first kappa shape index (κ1) is 5.50. The number of carbonyl (C=O) groups excluding carboxylic acids is 1. The standard InChI is InChI=1S/C2H3BrOS/c1-5-2(3)4/h1H3. The Kier molecular flexibility index (Phi) is 2.99. The van der Waals surface area contributed by atoms with E-state index in [2.05, 4.69) is 15.9 Å². The molecular weight excluding hydrogens is 152 g/mol. The highest BCUT2D eigenvalue weighted by Crippen LogP contribution is 2.01. The van der Waals surface area contributed by atoms with Crippen molar-refractivity contribution in [1.82, 2.24) is 0 Å². The zero-order chi connectivity index (χ0) is 4.28. The van der Waals surface area contributed by atoms with Crippen molar-refractivity contribution in [2.45, 2.75) is 0 Å². The fraction of sp³-hybridized carbons (Fsp3) is 0.500. The Labute approximate surface area is 43.3 Å². The van der Waals surface area contributed by atoms with Crippen LogP contribution in [0.5, 0.6) is 0 Å². The molecule has 0 saturated heterocycles. The van der Waals surface area contributed by atoms with Crippen LogP contribution in [-0.4, -0.2) is 10.3 Å². The molecule has 30 valence electrons. The Morgan fingerprint density at radius 2 is 2.20 bits per heavy atom. The second-order valence-corrected chi connectivity index (χ2v) is 2.47. The lowest BCUT2D eigenvalue weighted by molar-refractivity contribution is 0.277. The van der Waals surface area contributed by atoms with Gasteiger partial charge in [0.25, 0.3) is 4.02 Å². The molecule has 0 fully saturated rings. The molecule has 3 heteroatoms. The van der Waals surface area contributed by atoms with Crippen molar-refractivity contribution in [2.24, 2.45) is 0 Å². The third kappa shape index (κ3) is 4.50. The molecule has 0 aromatic rings. The number of rotatable bonds is 0. The molecule has 0 radical (unpaired) electrons. The van der Waals surface area contributed by atoms with Crippen LogP contribution in [0.1, 0.15) is 0 Å². The number of hydrogen-bond donors (Lipinski definition) is 0. The molecule has 0 aliphatic heterocycles. The topological polar surface area (TPSA) is 17.1 Å². The van der Waals surface area contributed by atoms with Gasteiger partial charge in [0.05, 0.1) is 0 Å². The first-order valence-corrected chi connectivity index (χ1v) is 3.02.